The van der Waals surface area contributed by atoms with Crippen molar-refractivity contribution < 1.29 is 28.7 Å². The molecule has 10 heteroatoms. The third-order valence-electron chi connectivity index (χ3n) is 7.01. The minimum atomic E-state index is -1.74. The highest BCUT2D eigenvalue weighted by molar-refractivity contribution is 5.70. The highest BCUT2D eigenvalue weighted by Crippen LogP contribution is 2.51. The number of carbonyl (C=O) groups is 1. The number of aliphatic hydroxyl groups is 2. The maximum absolute atomic E-state index is 15.2. The molecule has 4 rings (SSSR count). The van der Waals surface area contributed by atoms with Gasteiger partial charge in [0.2, 0.25) is 5.82 Å². The van der Waals surface area contributed by atoms with Crippen molar-refractivity contribution in [1.29, 1.82) is 0 Å². The predicted octanol–water partition coefficient (Wildman–Crippen LogP) is 5.11. The number of amides is 1. The highest BCUT2D eigenvalue weighted by Gasteiger charge is 2.58. The maximum atomic E-state index is 15.2. The van der Waals surface area contributed by atoms with Crippen molar-refractivity contribution in [3.63, 3.8) is 0 Å². The molecular formula is C29H37FN4O5. The van der Waals surface area contributed by atoms with Crippen molar-refractivity contribution in [2.45, 2.75) is 78.1 Å². The van der Waals surface area contributed by atoms with Gasteiger partial charge in [0.25, 0.3) is 5.89 Å². The van der Waals surface area contributed by atoms with E-state index in [2.05, 4.69) is 15.1 Å². The van der Waals surface area contributed by atoms with Crippen LogP contribution in [0.4, 0.5) is 9.18 Å². The summed E-state index contributed by atoms with van der Waals surface area (Å²) in [4.78, 5) is 22.8. The lowest BCUT2D eigenvalue weighted by atomic mass is 9.62. The topological polar surface area (TPSA) is 122 Å². The Labute approximate surface area is 228 Å². The van der Waals surface area contributed by atoms with E-state index >= 15 is 4.39 Å². The van der Waals surface area contributed by atoms with Crippen LogP contribution >= 0.6 is 0 Å². The third-order valence-corrected chi connectivity index (χ3v) is 7.01. The first-order valence-electron chi connectivity index (χ1n) is 13.0. The van der Waals surface area contributed by atoms with E-state index in [0.717, 1.165) is 0 Å². The monoisotopic (exact) mass is 540 g/mol. The summed E-state index contributed by atoms with van der Waals surface area (Å²) in [5.74, 6) is -0.255. The molecule has 3 aromatic rings. The first kappa shape index (κ1) is 28.6. The van der Waals surface area contributed by atoms with Crippen molar-refractivity contribution in [2.24, 2.45) is 5.41 Å². The Balaban J connectivity index is 1.79. The molecule has 0 spiro atoms. The van der Waals surface area contributed by atoms with Gasteiger partial charge in [0, 0.05) is 42.0 Å². The molecule has 9 nitrogen and oxygen atoms in total. The molecule has 0 radical (unpaired) electrons. The lowest BCUT2D eigenvalue weighted by Crippen LogP contribution is -2.66. The van der Waals surface area contributed by atoms with Crippen LogP contribution < -0.4 is 0 Å². The lowest BCUT2D eigenvalue weighted by Gasteiger charge is -2.56. The molecule has 210 valence electrons. The van der Waals surface area contributed by atoms with Gasteiger partial charge in [-0.05, 0) is 63.8 Å². The Morgan fingerprint density at radius 3 is 2.31 bits per heavy atom. The lowest BCUT2D eigenvalue weighted by molar-refractivity contribution is -0.131. The SMILES string of the molecule is CC(C)c1ccc([C@](O)(c2cncc(-c3noc(C(C)(C)O)n3)c2)C2(C)CN(C(=O)OC(C)(C)C)C2)cc1F. The fourth-order valence-electron chi connectivity index (χ4n) is 4.91. The van der Waals surface area contributed by atoms with Gasteiger partial charge >= 0.3 is 6.09 Å². The van der Waals surface area contributed by atoms with Gasteiger partial charge in [0.15, 0.2) is 0 Å². The zero-order chi connectivity index (χ0) is 29.0. The van der Waals surface area contributed by atoms with Crippen LogP contribution in [-0.4, -0.2) is 55.0 Å². The van der Waals surface area contributed by atoms with Gasteiger partial charge in [-0.25, -0.2) is 9.18 Å². The summed E-state index contributed by atoms with van der Waals surface area (Å²) >= 11 is 0. The number of likely N-dealkylation sites (tertiary alicyclic amines) is 1. The van der Waals surface area contributed by atoms with Gasteiger partial charge in [-0.2, -0.15) is 4.98 Å². The summed E-state index contributed by atoms with van der Waals surface area (Å²) in [7, 11) is 0. The van der Waals surface area contributed by atoms with Crippen LogP contribution in [-0.2, 0) is 15.9 Å². The second-order valence-corrected chi connectivity index (χ2v) is 12.4. The number of ether oxygens (including phenoxy) is 1. The molecular weight excluding hydrogens is 503 g/mol. The molecule has 2 N–H and O–H groups in total. The Hall–Kier alpha value is -3.37. The minimum Gasteiger partial charge on any atom is -0.444 e. The molecule has 0 aliphatic carbocycles. The Morgan fingerprint density at radius 1 is 1.10 bits per heavy atom. The van der Waals surface area contributed by atoms with E-state index in [4.69, 9.17) is 9.26 Å². The number of hydrogen-bond donors (Lipinski definition) is 2. The van der Waals surface area contributed by atoms with Crippen molar-refractivity contribution in [1.82, 2.24) is 20.0 Å². The zero-order valence-corrected chi connectivity index (χ0v) is 23.7. The number of benzene rings is 1. The summed E-state index contributed by atoms with van der Waals surface area (Å²) in [6.07, 6.45) is 2.54. The summed E-state index contributed by atoms with van der Waals surface area (Å²) in [6, 6.07) is 6.42. The van der Waals surface area contributed by atoms with Crippen LogP contribution in [0.25, 0.3) is 11.4 Å². The summed E-state index contributed by atoms with van der Waals surface area (Å²) < 4.78 is 26.0. The molecule has 1 aliphatic heterocycles. The van der Waals surface area contributed by atoms with Crippen LogP contribution in [0.3, 0.4) is 0 Å². The first-order valence-corrected chi connectivity index (χ1v) is 13.0. The van der Waals surface area contributed by atoms with E-state index < -0.39 is 34.1 Å². The van der Waals surface area contributed by atoms with Gasteiger partial charge in [0.05, 0.1) is 0 Å². The summed E-state index contributed by atoms with van der Waals surface area (Å²) in [5.41, 5.74) is -2.97. The fourth-order valence-corrected chi connectivity index (χ4v) is 4.91. The quantitative estimate of drug-likeness (QED) is 0.442. The van der Waals surface area contributed by atoms with E-state index in [1.54, 1.807) is 39.0 Å². The molecule has 1 aromatic carbocycles. The second-order valence-electron chi connectivity index (χ2n) is 12.4. The van der Waals surface area contributed by atoms with E-state index in [1.807, 2.05) is 20.8 Å². The van der Waals surface area contributed by atoms with Gasteiger partial charge < -0.3 is 24.4 Å². The Bertz CT molecular complexity index is 1370. The van der Waals surface area contributed by atoms with E-state index in [1.165, 1.54) is 37.2 Å². The van der Waals surface area contributed by atoms with Crippen molar-refractivity contribution >= 4 is 6.09 Å². The van der Waals surface area contributed by atoms with Crippen LogP contribution in [0, 0.1) is 11.2 Å². The van der Waals surface area contributed by atoms with Gasteiger partial charge in [-0.3, -0.25) is 4.98 Å². The van der Waals surface area contributed by atoms with Gasteiger partial charge in [0.1, 0.15) is 22.6 Å². The average Bonchev–Trinajstić information content (AvgIpc) is 3.31. The summed E-state index contributed by atoms with van der Waals surface area (Å²) in [5, 5.41) is 26.7. The number of rotatable bonds is 6. The molecule has 1 atom stereocenters. The van der Waals surface area contributed by atoms with E-state index in [0.29, 0.717) is 22.3 Å². The Kier molecular flexibility index (Phi) is 7.10. The molecule has 1 amide bonds. The van der Waals surface area contributed by atoms with Crippen molar-refractivity contribution in [3.8, 4) is 11.4 Å². The van der Waals surface area contributed by atoms with Gasteiger partial charge in [-0.15, -0.1) is 0 Å². The molecule has 2 aromatic heterocycles. The predicted molar refractivity (Wildman–Crippen MR) is 142 cm³/mol. The zero-order valence-electron chi connectivity index (χ0n) is 23.7. The van der Waals surface area contributed by atoms with Gasteiger partial charge in [-0.1, -0.05) is 38.1 Å². The molecule has 0 bridgehead atoms. The maximum Gasteiger partial charge on any atom is 0.410 e. The van der Waals surface area contributed by atoms with Crippen molar-refractivity contribution in [2.75, 3.05) is 13.1 Å². The molecule has 1 aliphatic rings. The first-order chi connectivity index (χ1) is 17.9. The van der Waals surface area contributed by atoms with Crippen LogP contribution in [0.15, 0.2) is 41.2 Å². The summed E-state index contributed by atoms with van der Waals surface area (Å²) in [6.45, 7) is 14.4. The molecule has 1 fully saturated rings. The van der Waals surface area contributed by atoms with Crippen LogP contribution in [0.1, 0.15) is 83.9 Å². The normalized spacial score (nSPS) is 17.1. The van der Waals surface area contributed by atoms with E-state index in [9.17, 15) is 15.0 Å². The standard InChI is InChI=1S/C29H37FN4O5/c1-17(2)21-10-9-19(12-22(21)30)29(37,28(8)15-34(16-28)25(35)38-26(3,4)5)20-11-18(13-31-14-20)23-32-24(39-33-23)27(6,7)36/h9-14,17,36-37H,15-16H2,1-8H3/t29-/m0/s1. The number of hydrogen-bond acceptors (Lipinski definition) is 8. The molecule has 3 heterocycles. The number of pyridine rings is 1. The van der Waals surface area contributed by atoms with E-state index in [-0.39, 0.29) is 30.7 Å². The molecule has 0 unspecified atom stereocenters. The number of carbonyl (C=O) groups excluding carboxylic acids is 1. The van der Waals surface area contributed by atoms with Crippen molar-refractivity contribution in [3.05, 3.63) is 65.1 Å². The average molecular weight is 541 g/mol. The molecule has 39 heavy (non-hydrogen) atoms. The fraction of sp³-hybridized carbons (Fsp3) is 0.517. The minimum absolute atomic E-state index is 0.0310. The molecule has 0 saturated carbocycles. The molecule has 1 saturated heterocycles. The highest BCUT2D eigenvalue weighted by atomic mass is 19.1. The van der Waals surface area contributed by atoms with Crippen LogP contribution in [0.2, 0.25) is 0 Å². The smallest absolute Gasteiger partial charge is 0.410 e. The third kappa shape index (κ3) is 5.40. The number of aromatic nitrogens is 3. The Morgan fingerprint density at radius 2 is 1.77 bits per heavy atom. The van der Waals surface area contributed by atoms with Crippen LogP contribution in [0.5, 0.6) is 0 Å². The largest absolute Gasteiger partial charge is 0.444 e. The second kappa shape index (κ2) is 9.67. The number of halogens is 1. The number of nitrogens with zero attached hydrogens (tertiary/aromatic N) is 4.